The Hall–Kier alpha value is -1.46. The van der Waals surface area contributed by atoms with Crippen molar-refractivity contribution in [1.82, 2.24) is 10.6 Å². The Bertz CT molecular complexity index is 383. The van der Waals surface area contributed by atoms with Crippen molar-refractivity contribution in [2.24, 2.45) is 0 Å². The van der Waals surface area contributed by atoms with Crippen molar-refractivity contribution < 1.29 is 14.2 Å². The second kappa shape index (κ2) is 8.61. The maximum absolute atomic E-state index is 5.39. The van der Waals surface area contributed by atoms with Gasteiger partial charge in [0.15, 0.2) is 11.5 Å². The Labute approximate surface area is 115 Å². The van der Waals surface area contributed by atoms with E-state index in [1.807, 2.05) is 19.2 Å². The van der Waals surface area contributed by atoms with Crippen LogP contribution in [0.3, 0.4) is 0 Å². The van der Waals surface area contributed by atoms with Gasteiger partial charge in [0.1, 0.15) is 5.75 Å². The number of rotatable bonds is 9. The lowest BCUT2D eigenvalue weighted by atomic mass is 10.1. The smallest absolute Gasteiger partial charge is 0.164 e. The van der Waals surface area contributed by atoms with Crippen LogP contribution in [0.2, 0.25) is 0 Å². The Morgan fingerprint density at radius 2 is 1.47 bits per heavy atom. The lowest BCUT2D eigenvalue weighted by Gasteiger charge is -2.14. The van der Waals surface area contributed by atoms with Crippen molar-refractivity contribution in [3.05, 3.63) is 17.7 Å². The fourth-order valence-electron chi connectivity index (χ4n) is 1.85. The summed E-state index contributed by atoms with van der Waals surface area (Å²) in [6.45, 7) is 2.81. The van der Waals surface area contributed by atoms with Crippen molar-refractivity contribution in [3.63, 3.8) is 0 Å². The summed E-state index contributed by atoms with van der Waals surface area (Å²) < 4.78 is 16.0. The molecule has 0 aromatic heterocycles. The van der Waals surface area contributed by atoms with E-state index in [-0.39, 0.29) is 0 Å². The molecule has 19 heavy (non-hydrogen) atoms. The molecule has 5 nitrogen and oxygen atoms in total. The number of nitrogens with one attached hydrogen (secondary N) is 2. The quantitative estimate of drug-likeness (QED) is 0.656. The number of benzene rings is 1. The van der Waals surface area contributed by atoms with Gasteiger partial charge in [-0.2, -0.15) is 0 Å². The van der Waals surface area contributed by atoms with Crippen LogP contribution in [0.25, 0.3) is 0 Å². The van der Waals surface area contributed by atoms with Gasteiger partial charge in [-0.3, -0.25) is 0 Å². The van der Waals surface area contributed by atoms with Gasteiger partial charge in [0.2, 0.25) is 0 Å². The molecule has 0 heterocycles. The minimum atomic E-state index is 0.686. The third kappa shape index (κ3) is 4.61. The number of hydrogen-bond acceptors (Lipinski definition) is 5. The van der Waals surface area contributed by atoms with Crippen LogP contribution in [0.15, 0.2) is 12.1 Å². The van der Waals surface area contributed by atoms with Crippen molar-refractivity contribution in [1.29, 1.82) is 0 Å². The average Bonchev–Trinajstić information content (AvgIpc) is 2.46. The van der Waals surface area contributed by atoms with Gasteiger partial charge in [0.25, 0.3) is 0 Å². The molecule has 0 amide bonds. The van der Waals surface area contributed by atoms with Gasteiger partial charge in [0.05, 0.1) is 21.3 Å². The molecule has 108 valence electrons. The van der Waals surface area contributed by atoms with Crippen LogP contribution in [-0.2, 0) is 6.42 Å². The molecule has 0 fully saturated rings. The Morgan fingerprint density at radius 1 is 0.842 bits per heavy atom. The summed E-state index contributed by atoms with van der Waals surface area (Å²) in [5.74, 6) is 2.24. The minimum absolute atomic E-state index is 0.686. The molecule has 1 rings (SSSR count). The van der Waals surface area contributed by atoms with E-state index in [9.17, 15) is 0 Å². The summed E-state index contributed by atoms with van der Waals surface area (Å²) >= 11 is 0. The SMILES string of the molecule is CNCCNCCc1cc(OC)c(OC)cc1OC. The molecule has 0 saturated carbocycles. The molecule has 0 radical (unpaired) electrons. The number of hydrogen-bond donors (Lipinski definition) is 2. The summed E-state index contributed by atoms with van der Waals surface area (Å²) in [6, 6.07) is 3.83. The maximum Gasteiger partial charge on any atom is 0.164 e. The van der Waals surface area contributed by atoms with Crippen molar-refractivity contribution >= 4 is 0 Å². The molecule has 0 aliphatic heterocycles. The fraction of sp³-hybridized carbons (Fsp3) is 0.571. The third-order valence-electron chi connectivity index (χ3n) is 2.91. The van der Waals surface area contributed by atoms with E-state index in [4.69, 9.17) is 14.2 Å². The molecule has 0 unspecified atom stereocenters. The van der Waals surface area contributed by atoms with Crippen LogP contribution in [0.4, 0.5) is 0 Å². The summed E-state index contributed by atoms with van der Waals surface area (Å²) in [4.78, 5) is 0. The molecular weight excluding hydrogens is 244 g/mol. The summed E-state index contributed by atoms with van der Waals surface area (Å²) in [7, 11) is 6.87. The Morgan fingerprint density at radius 3 is 2.05 bits per heavy atom. The Kier molecular flexibility index (Phi) is 7.07. The molecule has 0 aliphatic rings. The van der Waals surface area contributed by atoms with Gasteiger partial charge >= 0.3 is 0 Å². The first-order valence-corrected chi connectivity index (χ1v) is 6.41. The van der Waals surface area contributed by atoms with Gasteiger partial charge in [-0.25, -0.2) is 0 Å². The van der Waals surface area contributed by atoms with Crippen molar-refractivity contribution in [3.8, 4) is 17.2 Å². The van der Waals surface area contributed by atoms with E-state index in [1.54, 1.807) is 21.3 Å². The van der Waals surface area contributed by atoms with E-state index in [0.29, 0.717) is 5.75 Å². The first-order chi connectivity index (χ1) is 9.26. The van der Waals surface area contributed by atoms with Gasteiger partial charge in [-0.05, 0) is 31.6 Å². The fourth-order valence-corrected chi connectivity index (χ4v) is 1.85. The predicted molar refractivity (Wildman–Crippen MR) is 76.6 cm³/mol. The zero-order chi connectivity index (χ0) is 14.1. The van der Waals surface area contributed by atoms with E-state index < -0.39 is 0 Å². The molecular formula is C14H24N2O3. The largest absolute Gasteiger partial charge is 0.496 e. The van der Waals surface area contributed by atoms with Crippen LogP contribution in [0.1, 0.15) is 5.56 Å². The zero-order valence-electron chi connectivity index (χ0n) is 12.2. The molecule has 0 spiro atoms. The van der Waals surface area contributed by atoms with Crippen LogP contribution >= 0.6 is 0 Å². The van der Waals surface area contributed by atoms with Gasteiger partial charge in [0, 0.05) is 19.2 Å². The molecule has 2 N–H and O–H groups in total. The van der Waals surface area contributed by atoms with Gasteiger partial charge in [-0.15, -0.1) is 0 Å². The highest BCUT2D eigenvalue weighted by atomic mass is 16.5. The highest BCUT2D eigenvalue weighted by molar-refractivity contribution is 5.50. The van der Waals surface area contributed by atoms with Crippen LogP contribution in [-0.4, -0.2) is 48.0 Å². The number of methoxy groups -OCH3 is 3. The van der Waals surface area contributed by atoms with E-state index in [1.165, 1.54) is 0 Å². The van der Waals surface area contributed by atoms with E-state index in [0.717, 1.165) is 43.1 Å². The predicted octanol–water partition coefficient (Wildman–Crippen LogP) is 1.06. The zero-order valence-corrected chi connectivity index (χ0v) is 12.2. The lowest BCUT2D eigenvalue weighted by Crippen LogP contribution is -2.26. The topological polar surface area (TPSA) is 51.8 Å². The highest BCUT2D eigenvalue weighted by Gasteiger charge is 2.11. The molecule has 0 saturated heterocycles. The van der Waals surface area contributed by atoms with Crippen molar-refractivity contribution in [2.45, 2.75) is 6.42 Å². The molecule has 5 heteroatoms. The van der Waals surface area contributed by atoms with Crippen LogP contribution in [0, 0.1) is 0 Å². The van der Waals surface area contributed by atoms with Gasteiger partial charge < -0.3 is 24.8 Å². The molecule has 0 atom stereocenters. The number of ether oxygens (including phenoxy) is 3. The molecule has 0 aliphatic carbocycles. The molecule has 1 aromatic carbocycles. The van der Waals surface area contributed by atoms with Crippen molar-refractivity contribution in [2.75, 3.05) is 48.0 Å². The lowest BCUT2D eigenvalue weighted by molar-refractivity contribution is 0.347. The third-order valence-corrected chi connectivity index (χ3v) is 2.91. The number of likely N-dealkylation sites (N-methyl/N-ethyl adjacent to an activating group) is 1. The van der Waals surface area contributed by atoms with Crippen LogP contribution < -0.4 is 24.8 Å². The van der Waals surface area contributed by atoms with E-state index >= 15 is 0 Å². The summed E-state index contributed by atoms with van der Waals surface area (Å²) in [5, 5.41) is 6.46. The first-order valence-electron chi connectivity index (χ1n) is 6.41. The first kappa shape index (κ1) is 15.6. The Balaban J connectivity index is 2.70. The molecule has 1 aromatic rings. The molecule has 0 bridgehead atoms. The second-order valence-electron chi connectivity index (χ2n) is 4.12. The highest BCUT2D eigenvalue weighted by Crippen LogP contribution is 2.34. The minimum Gasteiger partial charge on any atom is -0.496 e. The normalized spacial score (nSPS) is 10.3. The van der Waals surface area contributed by atoms with E-state index in [2.05, 4.69) is 10.6 Å². The summed E-state index contributed by atoms with van der Waals surface area (Å²) in [6.07, 6.45) is 0.882. The monoisotopic (exact) mass is 268 g/mol. The summed E-state index contributed by atoms with van der Waals surface area (Å²) in [5.41, 5.74) is 1.11. The maximum atomic E-state index is 5.39. The second-order valence-corrected chi connectivity index (χ2v) is 4.12. The average molecular weight is 268 g/mol. The van der Waals surface area contributed by atoms with Gasteiger partial charge in [-0.1, -0.05) is 0 Å². The standard InChI is InChI=1S/C14H24N2O3/c1-15-7-8-16-6-5-11-9-13(18-3)14(19-4)10-12(11)17-2/h9-10,15-16H,5-8H2,1-4H3. The van der Waals surface area contributed by atoms with Crippen LogP contribution in [0.5, 0.6) is 17.2 Å².